The van der Waals surface area contributed by atoms with E-state index < -0.39 is 5.63 Å². The highest BCUT2D eigenvalue weighted by atomic mass is 35.5. The predicted molar refractivity (Wildman–Crippen MR) is 114 cm³/mol. The van der Waals surface area contributed by atoms with Gasteiger partial charge in [0.2, 0.25) is 0 Å². The molecule has 4 rings (SSSR count). The third kappa shape index (κ3) is 3.75. The van der Waals surface area contributed by atoms with Gasteiger partial charge in [-0.3, -0.25) is 4.57 Å². The molecule has 0 atom stereocenters. The van der Waals surface area contributed by atoms with Crippen molar-refractivity contribution in [2.75, 3.05) is 0 Å². The second kappa shape index (κ2) is 7.93. The minimum Gasteiger partial charge on any atom is -0.469 e. The summed E-state index contributed by atoms with van der Waals surface area (Å²) in [6, 6.07) is 6.98. The van der Waals surface area contributed by atoms with Gasteiger partial charge < -0.3 is 8.83 Å². The van der Waals surface area contributed by atoms with Gasteiger partial charge in [-0.1, -0.05) is 29.4 Å². The fourth-order valence-corrected chi connectivity index (χ4v) is 4.22. The van der Waals surface area contributed by atoms with Crippen molar-refractivity contribution in [2.24, 2.45) is 0 Å². The van der Waals surface area contributed by atoms with Gasteiger partial charge in [-0.05, 0) is 43.2 Å². The lowest BCUT2D eigenvalue weighted by Gasteiger charge is -2.09. The third-order valence-corrected chi connectivity index (χ3v) is 6.02. The number of aromatic nitrogens is 3. The van der Waals surface area contributed by atoms with Gasteiger partial charge in [0.1, 0.15) is 11.3 Å². The minimum atomic E-state index is -0.392. The summed E-state index contributed by atoms with van der Waals surface area (Å²) in [4.78, 5) is 12.0. The molecule has 148 valence electrons. The maximum Gasteiger partial charge on any atom is 0.336 e. The van der Waals surface area contributed by atoms with Crippen LogP contribution in [0.4, 0.5) is 0 Å². The molecule has 0 saturated carbocycles. The molecule has 0 N–H and O–H groups in total. The molecule has 0 saturated heterocycles. The fourth-order valence-electron chi connectivity index (χ4n) is 3.12. The molecule has 0 aliphatic heterocycles. The highest BCUT2D eigenvalue weighted by Gasteiger charge is 2.17. The number of fused-ring (bicyclic) bond motifs is 1. The number of rotatable bonds is 6. The minimum absolute atomic E-state index is 0.392. The van der Waals surface area contributed by atoms with Gasteiger partial charge in [0.25, 0.3) is 0 Å². The second-order valence-corrected chi connectivity index (χ2v) is 7.92. The van der Waals surface area contributed by atoms with Crippen LogP contribution >= 0.6 is 23.4 Å². The van der Waals surface area contributed by atoms with Crippen LogP contribution in [0.5, 0.6) is 0 Å². The number of aryl methyl sites for hydroxylation is 2. The molecule has 0 unspecified atom stereocenters. The van der Waals surface area contributed by atoms with Crippen LogP contribution in [0.3, 0.4) is 0 Å². The maximum absolute atomic E-state index is 12.0. The SMILES string of the molecule is C=CCn1c(SCc2cc(=O)oc3cc(C)c(Cl)cc23)nnc1-c1ccoc1C. The largest absolute Gasteiger partial charge is 0.469 e. The first-order valence-corrected chi connectivity index (χ1v) is 10.3. The summed E-state index contributed by atoms with van der Waals surface area (Å²) in [7, 11) is 0. The van der Waals surface area contributed by atoms with E-state index in [0.717, 1.165) is 38.8 Å². The van der Waals surface area contributed by atoms with E-state index in [1.54, 1.807) is 18.4 Å². The first-order chi connectivity index (χ1) is 14.0. The molecule has 3 heterocycles. The van der Waals surface area contributed by atoms with Crippen LogP contribution in [0.1, 0.15) is 16.9 Å². The number of allylic oxidation sites excluding steroid dienone is 1. The summed E-state index contributed by atoms with van der Waals surface area (Å²) < 4.78 is 12.7. The fraction of sp³-hybridized carbons (Fsp3) is 0.190. The molecule has 0 aliphatic carbocycles. The summed E-state index contributed by atoms with van der Waals surface area (Å²) >= 11 is 7.77. The molecule has 6 nitrogen and oxygen atoms in total. The standard InChI is InChI=1S/C21H18ClN3O3S/c1-4-6-25-20(15-5-7-27-13(15)3)23-24-21(25)29-11-14-9-19(26)28-18-8-12(2)17(22)10-16(14)18/h4-5,7-10H,1,6,11H2,2-3H3. The normalized spacial score (nSPS) is 11.3. The first kappa shape index (κ1) is 19.5. The summed E-state index contributed by atoms with van der Waals surface area (Å²) in [6.45, 7) is 8.15. The van der Waals surface area contributed by atoms with Crippen LogP contribution in [-0.4, -0.2) is 14.8 Å². The molecule has 0 fully saturated rings. The van der Waals surface area contributed by atoms with E-state index in [4.69, 9.17) is 20.4 Å². The van der Waals surface area contributed by atoms with Crippen LogP contribution in [0.15, 0.2) is 62.0 Å². The number of hydrogen-bond acceptors (Lipinski definition) is 6. The Balaban J connectivity index is 1.70. The van der Waals surface area contributed by atoms with Crippen molar-refractivity contribution in [3.8, 4) is 11.4 Å². The van der Waals surface area contributed by atoms with Gasteiger partial charge in [0, 0.05) is 28.8 Å². The van der Waals surface area contributed by atoms with Crippen molar-refractivity contribution in [1.82, 2.24) is 14.8 Å². The van der Waals surface area contributed by atoms with Crippen LogP contribution in [0, 0.1) is 13.8 Å². The van der Waals surface area contributed by atoms with Crippen molar-refractivity contribution in [2.45, 2.75) is 31.3 Å². The van der Waals surface area contributed by atoms with E-state index in [9.17, 15) is 4.79 Å². The Labute approximate surface area is 176 Å². The molecule has 0 amide bonds. The number of nitrogens with zero attached hydrogens (tertiary/aromatic N) is 3. The van der Waals surface area contributed by atoms with Crippen molar-refractivity contribution in [3.63, 3.8) is 0 Å². The van der Waals surface area contributed by atoms with Crippen LogP contribution in [0.2, 0.25) is 5.02 Å². The summed E-state index contributed by atoms with van der Waals surface area (Å²) in [5.41, 5.74) is 2.71. The monoisotopic (exact) mass is 427 g/mol. The number of hydrogen-bond donors (Lipinski definition) is 0. The zero-order valence-electron chi connectivity index (χ0n) is 15.9. The van der Waals surface area contributed by atoms with Gasteiger partial charge in [-0.25, -0.2) is 4.79 Å². The van der Waals surface area contributed by atoms with E-state index in [1.807, 2.05) is 30.5 Å². The number of thioether (sulfide) groups is 1. The zero-order valence-corrected chi connectivity index (χ0v) is 17.5. The van der Waals surface area contributed by atoms with Gasteiger partial charge >= 0.3 is 5.63 Å². The molecule has 8 heteroatoms. The van der Waals surface area contributed by atoms with E-state index in [1.165, 1.54) is 17.8 Å². The van der Waals surface area contributed by atoms with E-state index in [0.29, 0.717) is 22.9 Å². The molecule has 29 heavy (non-hydrogen) atoms. The third-order valence-electron chi connectivity index (χ3n) is 4.59. The zero-order chi connectivity index (χ0) is 20.5. The van der Waals surface area contributed by atoms with Gasteiger partial charge in [0.15, 0.2) is 11.0 Å². The molecule has 0 spiro atoms. The average Bonchev–Trinajstić information content (AvgIpc) is 3.27. The van der Waals surface area contributed by atoms with Gasteiger partial charge in [-0.15, -0.1) is 16.8 Å². The number of furan rings is 1. The number of halogens is 1. The summed E-state index contributed by atoms with van der Waals surface area (Å²) in [6.07, 6.45) is 3.42. The van der Waals surface area contributed by atoms with Crippen LogP contribution in [0.25, 0.3) is 22.4 Å². The maximum atomic E-state index is 12.0. The first-order valence-electron chi connectivity index (χ1n) is 8.92. The van der Waals surface area contributed by atoms with E-state index >= 15 is 0 Å². The molecular formula is C21H18ClN3O3S. The summed E-state index contributed by atoms with van der Waals surface area (Å²) in [5.74, 6) is 2.01. The lowest BCUT2D eigenvalue weighted by Crippen LogP contribution is -2.02. The van der Waals surface area contributed by atoms with Crippen molar-refractivity contribution >= 4 is 34.3 Å². The summed E-state index contributed by atoms with van der Waals surface area (Å²) in [5, 5.41) is 10.8. The second-order valence-electron chi connectivity index (χ2n) is 6.57. The average molecular weight is 428 g/mol. The van der Waals surface area contributed by atoms with Crippen molar-refractivity contribution in [3.05, 3.63) is 75.5 Å². The van der Waals surface area contributed by atoms with Crippen molar-refractivity contribution < 1.29 is 8.83 Å². The molecule has 0 bridgehead atoms. The molecule has 0 radical (unpaired) electrons. The Hall–Kier alpha value is -2.77. The molecule has 4 aromatic rings. The van der Waals surface area contributed by atoms with E-state index in [-0.39, 0.29) is 0 Å². The topological polar surface area (TPSA) is 74.1 Å². The van der Waals surface area contributed by atoms with Crippen LogP contribution in [-0.2, 0) is 12.3 Å². The van der Waals surface area contributed by atoms with Crippen LogP contribution < -0.4 is 5.63 Å². The van der Waals surface area contributed by atoms with Gasteiger partial charge in [-0.2, -0.15) is 0 Å². The highest BCUT2D eigenvalue weighted by Crippen LogP contribution is 2.31. The smallest absolute Gasteiger partial charge is 0.336 e. The number of benzene rings is 1. The Morgan fingerprint density at radius 3 is 2.83 bits per heavy atom. The Kier molecular flexibility index (Phi) is 5.34. The molecule has 0 aliphatic rings. The molecule has 1 aromatic carbocycles. The lowest BCUT2D eigenvalue weighted by atomic mass is 10.1. The van der Waals surface area contributed by atoms with Gasteiger partial charge in [0.05, 0.1) is 11.8 Å². The molecule has 3 aromatic heterocycles. The Morgan fingerprint density at radius 1 is 1.28 bits per heavy atom. The van der Waals surface area contributed by atoms with E-state index in [2.05, 4.69) is 16.8 Å². The highest BCUT2D eigenvalue weighted by molar-refractivity contribution is 7.98. The lowest BCUT2D eigenvalue weighted by molar-refractivity contribution is 0.534. The Morgan fingerprint density at radius 2 is 2.10 bits per heavy atom. The van der Waals surface area contributed by atoms with Crippen molar-refractivity contribution in [1.29, 1.82) is 0 Å². The quantitative estimate of drug-likeness (QED) is 0.233. The Bertz CT molecular complexity index is 1270. The predicted octanol–water partition coefficient (Wildman–Crippen LogP) is 5.39. The molecular weight excluding hydrogens is 410 g/mol.